The van der Waals surface area contributed by atoms with Crippen LogP contribution in [-0.4, -0.2) is 75.5 Å². The molecule has 0 aliphatic carbocycles. The molecule has 128 valence electrons. The van der Waals surface area contributed by atoms with Gasteiger partial charge in [-0.05, 0) is 32.6 Å². The van der Waals surface area contributed by atoms with E-state index in [9.17, 15) is 13.2 Å². The summed E-state index contributed by atoms with van der Waals surface area (Å²) in [7, 11) is -3.37. The summed E-state index contributed by atoms with van der Waals surface area (Å²) in [5.41, 5.74) is -0.468. The first kappa shape index (κ1) is 17.5. The van der Waals surface area contributed by atoms with Crippen molar-refractivity contribution in [1.82, 2.24) is 9.80 Å². The molecule has 2 aliphatic rings. The Balaban J connectivity index is 1.75. The van der Waals surface area contributed by atoms with Gasteiger partial charge in [-0.1, -0.05) is 0 Å². The minimum Gasteiger partial charge on any atom is -0.444 e. The van der Waals surface area contributed by atoms with Crippen molar-refractivity contribution in [3.63, 3.8) is 0 Å². The standard InChI is InChI=1S/C14H26N2O5S/c1-14(2,3)21-13(17)16-9-11-7-15(8-12(11)10-16)5-6-20-22(4,18)19/h11-12H,5-10H2,1-4H3/t11-,12+. The van der Waals surface area contributed by atoms with Crippen molar-refractivity contribution < 1.29 is 22.1 Å². The van der Waals surface area contributed by atoms with Gasteiger partial charge in [0.2, 0.25) is 0 Å². The van der Waals surface area contributed by atoms with Crippen molar-refractivity contribution in [2.45, 2.75) is 26.4 Å². The molecule has 2 heterocycles. The first-order valence-corrected chi connectivity index (χ1v) is 9.40. The van der Waals surface area contributed by atoms with Gasteiger partial charge < -0.3 is 14.5 Å². The molecule has 0 unspecified atom stereocenters. The van der Waals surface area contributed by atoms with Gasteiger partial charge in [0.05, 0.1) is 12.9 Å². The average Bonchev–Trinajstić information content (AvgIpc) is 2.82. The van der Waals surface area contributed by atoms with Crippen LogP contribution in [0.1, 0.15) is 20.8 Å². The maximum atomic E-state index is 12.1. The molecule has 22 heavy (non-hydrogen) atoms. The number of amides is 1. The Morgan fingerprint density at radius 2 is 1.68 bits per heavy atom. The summed E-state index contributed by atoms with van der Waals surface area (Å²) >= 11 is 0. The van der Waals surface area contributed by atoms with Crippen LogP contribution in [0.4, 0.5) is 4.79 Å². The van der Waals surface area contributed by atoms with E-state index in [4.69, 9.17) is 8.92 Å². The molecular formula is C14H26N2O5S. The van der Waals surface area contributed by atoms with Gasteiger partial charge in [0.25, 0.3) is 10.1 Å². The van der Waals surface area contributed by atoms with E-state index >= 15 is 0 Å². The van der Waals surface area contributed by atoms with Crippen LogP contribution >= 0.6 is 0 Å². The molecule has 0 N–H and O–H groups in total. The Bertz CT molecular complexity index is 500. The van der Waals surface area contributed by atoms with Crippen molar-refractivity contribution in [2.24, 2.45) is 11.8 Å². The maximum absolute atomic E-state index is 12.1. The Morgan fingerprint density at radius 1 is 1.14 bits per heavy atom. The first-order chi connectivity index (χ1) is 10.0. The van der Waals surface area contributed by atoms with Crippen LogP contribution in [-0.2, 0) is 19.0 Å². The molecule has 2 atom stereocenters. The minimum absolute atomic E-state index is 0.189. The van der Waals surface area contributed by atoms with Crippen molar-refractivity contribution in [3.05, 3.63) is 0 Å². The van der Waals surface area contributed by atoms with Crippen LogP contribution in [0.3, 0.4) is 0 Å². The number of carbonyl (C=O) groups excluding carboxylic acids is 1. The molecule has 2 saturated heterocycles. The molecule has 8 heteroatoms. The van der Waals surface area contributed by atoms with E-state index in [1.807, 2.05) is 20.8 Å². The molecular weight excluding hydrogens is 308 g/mol. The van der Waals surface area contributed by atoms with Crippen LogP contribution < -0.4 is 0 Å². The summed E-state index contributed by atoms with van der Waals surface area (Å²) < 4.78 is 32.0. The normalized spacial score (nSPS) is 26.3. The topological polar surface area (TPSA) is 76.2 Å². The summed E-state index contributed by atoms with van der Waals surface area (Å²) in [6, 6.07) is 0. The highest BCUT2D eigenvalue weighted by Crippen LogP contribution is 2.31. The summed E-state index contributed by atoms with van der Waals surface area (Å²) in [5, 5.41) is 0. The summed E-state index contributed by atoms with van der Waals surface area (Å²) in [4.78, 5) is 16.0. The molecule has 0 radical (unpaired) electrons. The Kier molecular flexibility index (Phi) is 5.03. The van der Waals surface area contributed by atoms with E-state index in [1.54, 1.807) is 4.90 Å². The number of hydrogen-bond donors (Lipinski definition) is 0. The fraction of sp³-hybridized carbons (Fsp3) is 0.929. The summed E-state index contributed by atoms with van der Waals surface area (Å²) in [6.07, 6.45) is 0.818. The molecule has 7 nitrogen and oxygen atoms in total. The first-order valence-electron chi connectivity index (χ1n) is 7.58. The van der Waals surface area contributed by atoms with E-state index in [-0.39, 0.29) is 12.7 Å². The van der Waals surface area contributed by atoms with E-state index in [1.165, 1.54) is 0 Å². The van der Waals surface area contributed by atoms with Crippen LogP contribution in [0, 0.1) is 11.8 Å². The molecule has 0 aromatic carbocycles. The van der Waals surface area contributed by atoms with E-state index in [0.717, 1.165) is 19.3 Å². The van der Waals surface area contributed by atoms with Gasteiger partial charge in [-0.3, -0.25) is 4.18 Å². The second-order valence-corrected chi connectivity index (χ2v) is 8.84. The van der Waals surface area contributed by atoms with Crippen LogP contribution in [0.15, 0.2) is 0 Å². The third kappa shape index (κ3) is 5.10. The largest absolute Gasteiger partial charge is 0.444 e. The number of fused-ring (bicyclic) bond motifs is 1. The zero-order valence-corrected chi connectivity index (χ0v) is 14.6. The fourth-order valence-corrected chi connectivity index (χ4v) is 3.44. The molecule has 0 aromatic rings. The second-order valence-electron chi connectivity index (χ2n) is 7.19. The minimum atomic E-state index is -3.37. The van der Waals surface area contributed by atoms with Gasteiger partial charge in [-0.25, -0.2) is 4.79 Å². The van der Waals surface area contributed by atoms with Crippen molar-refractivity contribution in [1.29, 1.82) is 0 Å². The van der Waals surface area contributed by atoms with Crippen molar-refractivity contribution >= 4 is 16.2 Å². The number of ether oxygens (including phenoxy) is 1. The van der Waals surface area contributed by atoms with Gasteiger partial charge in [0, 0.05) is 32.7 Å². The Morgan fingerprint density at radius 3 is 2.14 bits per heavy atom. The average molecular weight is 334 g/mol. The quantitative estimate of drug-likeness (QED) is 0.707. The summed E-state index contributed by atoms with van der Waals surface area (Å²) in [6.45, 7) is 9.56. The highest BCUT2D eigenvalue weighted by molar-refractivity contribution is 7.85. The molecule has 2 rings (SSSR count). The third-order valence-electron chi connectivity index (χ3n) is 3.92. The van der Waals surface area contributed by atoms with E-state index in [0.29, 0.717) is 31.5 Å². The zero-order valence-electron chi connectivity index (χ0n) is 13.7. The number of carbonyl (C=O) groups is 1. The highest BCUT2D eigenvalue weighted by atomic mass is 32.2. The van der Waals surface area contributed by atoms with Crippen LogP contribution in [0.25, 0.3) is 0 Å². The smallest absolute Gasteiger partial charge is 0.410 e. The molecule has 0 bridgehead atoms. The SMILES string of the molecule is CC(C)(C)OC(=O)N1C[C@H]2CN(CCOS(C)(=O)=O)C[C@H]2C1. The number of hydrogen-bond acceptors (Lipinski definition) is 6. The van der Waals surface area contributed by atoms with Gasteiger partial charge in [0.1, 0.15) is 5.60 Å². The predicted molar refractivity (Wildman–Crippen MR) is 82.0 cm³/mol. The Labute approximate surface area is 132 Å². The van der Waals surface area contributed by atoms with Crippen molar-refractivity contribution in [2.75, 3.05) is 45.6 Å². The lowest BCUT2D eigenvalue weighted by Gasteiger charge is -2.26. The second kappa shape index (κ2) is 6.33. The van der Waals surface area contributed by atoms with Gasteiger partial charge in [-0.15, -0.1) is 0 Å². The molecule has 2 fully saturated rings. The molecule has 2 aliphatic heterocycles. The lowest BCUT2D eigenvalue weighted by atomic mass is 10.0. The maximum Gasteiger partial charge on any atom is 0.410 e. The number of nitrogens with zero attached hydrogens (tertiary/aromatic N) is 2. The lowest BCUT2D eigenvalue weighted by molar-refractivity contribution is 0.0273. The fourth-order valence-electron chi connectivity index (χ4n) is 3.07. The van der Waals surface area contributed by atoms with Gasteiger partial charge >= 0.3 is 6.09 Å². The van der Waals surface area contributed by atoms with Crippen LogP contribution in [0.5, 0.6) is 0 Å². The number of likely N-dealkylation sites (tertiary alicyclic amines) is 2. The molecule has 0 saturated carbocycles. The summed E-state index contributed by atoms with van der Waals surface area (Å²) in [5.74, 6) is 0.872. The molecule has 0 aromatic heterocycles. The van der Waals surface area contributed by atoms with Crippen LogP contribution in [0.2, 0.25) is 0 Å². The molecule has 1 amide bonds. The highest BCUT2D eigenvalue weighted by Gasteiger charge is 2.42. The monoisotopic (exact) mass is 334 g/mol. The van der Waals surface area contributed by atoms with Gasteiger partial charge in [-0.2, -0.15) is 8.42 Å². The Hall–Kier alpha value is -0.860. The number of rotatable bonds is 4. The van der Waals surface area contributed by atoms with Gasteiger partial charge in [0.15, 0.2) is 0 Å². The van der Waals surface area contributed by atoms with E-state index in [2.05, 4.69) is 4.90 Å². The van der Waals surface area contributed by atoms with Crippen molar-refractivity contribution in [3.8, 4) is 0 Å². The predicted octanol–water partition coefficient (Wildman–Crippen LogP) is 0.761. The molecule has 0 spiro atoms. The lowest BCUT2D eigenvalue weighted by Crippen LogP contribution is -2.38. The third-order valence-corrected chi connectivity index (χ3v) is 4.51. The van der Waals surface area contributed by atoms with E-state index < -0.39 is 15.7 Å². The zero-order chi connectivity index (χ0) is 16.5.